The Morgan fingerprint density at radius 1 is 1.29 bits per heavy atom. The van der Waals surface area contributed by atoms with Crippen LogP contribution >= 0.6 is 11.8 Å². The van der Waals surface area contributed by atoms with Crippen LogP contribution in [0.2, 0.25) is 0 Å². The summed E-state index contributed by atoms with van der Waals surface area (Å²) in [6.07, 6.45) is 4.13. The van der Waals surface area contributed by atoms with Crippen LogP contribution in [0.15, 0.2) is 34.2 Å². The molecule has 1 fully saturated rings. The van der Waals surface area contributed by atoms with E-state index in [0.717, 1.165) is 30.9 Å². The van der Waals surface area contributed by atoms with Gasteiger partial charge in [-0.3, -0.25) is 4.99 Å². The molecule has 1 aliphatic rings. The average molecular weight is 427 g/mol. The van der Waals surface area contributed by atoms with E-state index >= 15 is 0 Å². The van der Waals surface area contributed by atoms with Gasteiger partial charge in [0.05, 0.1) is 4.90 Å². The first-order valence-electron chi connectivity index (χ1n) is 9.77. The van der Waals surface area contributed by atoms with Crippen LogP contribution in [0.5, 0.6) is 0 Å². The molecule has 0 saturated carbocycles. The number of rotatable bonds is 7. The third kappa shape index (κ3) is 6.39. The lowest BCUT2D eigenvalue weighted by atomic mass is 10.0. The molecule has 8 heteroatoms. The highest BCUT2D eigenvalue weighted by atomic mass is 32.2. The minimum absolute atomic E-state index is 0.125. The summed E-state index contributed by atoms with van der Waals surface area (Å²) in [6.45, 7) is 9.09. The summed E-state index contributed by atoms with van der Waals surface area (Å²) in [5.41, 5.74) is 1.01. The Kier molecular flexibility index (Phi) is 8.21. The molecule has 1 heterocycles. The fraction of sp³-hybridized carbons (Fsp3) is 0.650. The third-order valence-electron chi connectivity index (χ3n) is 5.10. The number of hydrogen-bond donors (Lipinski definition) is 2. The molecule has 0 spiro atoms. The molecule has 158 valence electrons. The van der Waals surface area contributed by atoms with Crippen LogP contribution < -0.4 is 10.6 Å². The smallest absolute Gasteiger partial charge is 0.243 e. The van der Waals surface area contributed by atoms with Crippen molar-refractivity contribution in [3.63, 3.8) is 0 Å². The number of nitrogens with zero attached hydrogens (tertiary/aromatic N) is 2. The van der Waals surface area contributed by atoms with Gasteiger partial charge in [0.2, 0.25) is 10.0 Å². The zero-order valence-corrected chi connectivity index (χ0v) is 19.3. The second-order valence-electron chi connectivity index (χ2n) is 8.00. The molecule has 1 aromatic rings. The Balaban J connectivity index is 1.95. The summed E-state index contributed by atoms with van der Waals surface area (Å²) in [4.78, 5) is 4.62. The molecule has 0 aromatic heterocycles. The second-order valence-corrected chi connectivity index (χ2v) is 11.4. The van der Waals surface area contributed by atoms with E-state index in [1.165, 1.54) is 0 Å². The molecule has 1 atom stereocenters. The number of guanidine groups is 1. The zero-order valence-electron chi connectivity index (χ0n) is 17.7. The maximum atomic E-state index is 12.8. The number of hydrogen-bond acceptors (Lipinski definition) is 4. The molecule has 0 aliphatic carbocycles. The molecule has 28 heavy (non-hydrogen) atoms. The molecular weight excluding hydrogens is 392 g/mol. The summed E-state index contributed by atoms with van der Waals surface area (Å²) in [6, 6.07) is 7.15. The maximum absolute atomic E-state index is 12.8. The molecule has 0 amide bonds. The van der Waals surface area contributed by atoms with Crippen molar-refractivity contribution in [1.29, 1.82) is 0 Å². The van der Waals surface area contributed by atoms with Gasteiger partial charge in [-0.1, -0.05) is 19.1 Å². The summed E-state index contributed by atoms with van der Waals surface area (Å²) < 4.78 is 27.4. The van der Waals surface area contributed by atoms with E-state index in [2.05, 4.69) is 42.7 Å². The monoisotopic (exact) mass is 426 g/mol. The van der Waals surface area contributed by atoms with Crippen LogP contribution in [0.3, 0.4) is 0 Å². The van der Waals surface area contributed by atoms with Gasteiger partial charge in [0.15, 0.2) is 5.96 Å². The van der Waals surface area contributed by atoms with Gasteiger partial charge in [0.25, 0.3) is 0 Å². The molecule has 0 bridgehead atoms. The van der Waals surface area contributed by atoms with Crippen LogP contribution in [-0.2, 0) is 16.6 Å². The van der Waals surface area contributed by atoms with Crippen LogP contribution in [0.4, 0.5) is 0 Å². The molecule has 1 aromatic carbocycles. The van der Waals surface area contributed by atoms with Crippen LogP contribution in [0, 0.1) is 5.92 Å². The van der Waals surface area contributed by atoms with Crippen LogP contribution in [0.1, 0.15) is 39.2 Å². The summed E-state index contributed by atoms with van der Waals surface area (Å²) >= 11 is 1.80. The predicted molar refractivity (Wildman–Crippen MR) is 119 cm³/mol. The van der Waals surface area contributed by atoms with E-state index in [9.17, 15) is 8.42 Å². The number of thioether (sulfide) groups is 1. The van der Waals surface area contributed by atoms with Crippen LogP contribution in [0.25, 0.3) is 0 Å². The lowest BCUT2D eigenvalue weighted by Gasteiger charge is -2.30. The Morgan fingerprint density at radius 3 is 2.54 bits per heavy atom. The molecule has 1 unspecified atom stereocenters. The topological polar surface area (TPSA) is 73.8 Å². The van der Waals surface area contributed by atoms with E-state index in [-0.39, 0.29) is 4.75 Å². The highest BCUT2D eigenvalue weighted by Crippen LogP contribution is 2.23. The van der Waals surface area contributed by atoms with Gasteiger partial charge in [0.1, 0.15) is 0 Å². The van der Waals surface area contributed by atoms with E-state index in [1.807, 2.05) is 12.1 Å². The Labute approximate surface area is 174 Å². The van der Waals surface area contributed by atoms with Crippen LogP contribution in [-0.4, -0.2) is 56.4 Å². The van der Waals surface area contributed by atoms with E-state index in [1.54, 1.807) is 35.2 Å². The fourth-order valence-corrected chi connectivity index (χ4v) is 4.88. The van der Waals surface area contributed by atoms with E-state index in [0.29, 0.717) is 30.4 Å². The van der Waals surface area contributed by atoms with Gasteiger partial charge in [-0.05, 0) is 56.6 Å². The summed E-state index contributed by atoms with van der Waals surface area (Å²) in [5.74, 6) is 1.16. The number of piperidine rings is 1. The summed E-state index contributed by atoms with van der Waals surface area (Å²) in [7, 11) is -1.65. The van der Waals surface area contributed by atoms with E-state index in [4.69, 9.17) is 0 Å². The molecule has 2 N–H and O–H groups in total. The minimum Gasteiger partial charge on any atom is -0.355 e. The minimum atomic E-state index is -3.40. The van der Waals surface area contributed by atoms with Crippen molar-refractivity contribution in [3.05, 3.63) is 29.8 Å². The largest absolute Gasteiger partial charge is 0.355 e. The van der Waals surface area contributed by atoms with Crippen molar-refractivity contribution in [3.8, 4) is 0 Å². The molecule has 1 aliphatic heterocycles. The SMILES string of the molecule is CN=C(NCc1ccc(S(=O)(=O)N2CCCC(C)C2)cc1)NCC(C)(C)SC. The standard InChI is InChI=1S/C20H34N4O2S2/c1-16-7-6-12-24(14-16)28(25,26)18-10-8-17(9-11-18)13-22-19(21-4)23-15-20(2,3)27-5/h8-11,16H,6-7,12-15H2,1-5H3,(H2,21,22,23). The van der Waals surface area contributed by atoms with Gasteiger partial charge >= 0.3 is 0 Å². The van der Waals surface area contributed by atoms with Gasteiger partial charge < -0.3 is 10.6 Å². The Hall–Kier alpha value is -1.25. The van der Waals surface area contributed by atoms with Gasteiger partial charge in [-0.2, -0.15) is 16.1 Å². The van der Waals surface area contributed by atoms with E-state index < -0.39 is 10.0 Å². The normalized spacial score (nSPS) is 19.5. The van der Waals surface area contributed by atoms with Gasteiger partial charge in [-0.25, -0.2) is 8.42 Å². The molecule has 0 radical (unpaired) electrons. The molecular formula is C20H34N4O2S2. The number of benzene rings is 1. The van der Waals surface area contributed by atoms with Crippen molar-refractivity contribution in [2.24, 2.45) is 10.9 Å². The first kappa shape index (κ1) is 23.0. The van der Waals surface area contributed by atoms with Crippen molar-refractivity contribution in [2.75, 3.05) is 32.9 Å². The third-order valence-corrected chi connectivity index (χ3v) is 8.23. The first-order valence-corrected chi connectivity index (χ1v) is 12.4. The number of sulfonamides is 1. The fourth-order valence-electron chi connectivity index (χ4n) is 3.07. The highest BCUT2D eigenvalue weighted by Gasteiger charge is 2.28. The molecule has 6 nitrogen and oxygen atoms in total. The first-order chi connectivity index (χ1) is 13.2. The van der Waals surface area contributed by atoms with Crippen molar-refractivity contribution >= 4 is 27.7 Å². The number of nitrogens with one attached hydrogen (secondary N) is 2. The Morgan fingerprint density at radius 2 is 1.96 bits per heavy atom. The second kappa shape index (κ2) is 9.98. The molecule has 1 saturated heterocycles. The maximum Gasteiger partial charge on any atom is 0.243 e. The van der Waals surface area contributed by atoms with Gasteiger partial charge in [0, 0.05) is 38.0 Å². The summed E-state index contributed by atoms with van der Waals surface area (Å²) in [5, 5.41) is 6.61. The predicted octanol–water partition coefficient (Wildman–Crippen LogP) is 2.91. The van der Waals surface area contributed by atoms with Crippen molar-refractivity contribution in [1.82, 2.24) is 14.9 Å². The highest BCUT2D eigenvalue weighted by molar-refractivity contribution is 7.99. The molecule has 2 rings (SSSR count). The Bertz CT molecular complexity index is 761. The lowest BCUT2D eigenvalue weighted by molar-refractivity contribution is 0.281. The van der Waals surface area contributed by atoms with Gasteiger partial charge in [-0.15, -0.1) is 0 Å². The van der Waals surface area contributed by atoms with Crippen molar-refractivity contribution in [2.45, 2.75) is 49.8 Å². The average Bonchev–Trinajstić information content (AvgIpc) is 2.68. The van der Waals surface area contributed by atoms with Crippen molar-refractivity contribution < 1.29 is 8.42 Å². The zero-order chi connectivity index (χ0) is 20.8. The quantitative estimate of drug-likeness (QED) is 0.518. The number of aliphatic imine (C=N–C) groups is 1. The lowest BCUT2D eigenvalue weighted by Crippen LogP contribution is -2.43.